The quantitative estimate of drug-likeness (QED) is 0.326. The van der Waals surface area contributed by atoms with Gasteiger partial charge in [-0.05, 0) is 29.8 Å². The van der Waals surface area contributed by atoms with E-state index in [1.54, 1.807) is 23.2 Å². The molecule has 3 aromatic rings. The molecule has 0 radical (unpaired) electrons. The van der Waals surface area contributed by atoms with E-state index in [1.807, 2.05) is 38.1 Å². The van der Waals surface area contributed by atoms with Gasteiger partial charge in [0.1, 0.15) is 0 Å². The van der Waals surface area contributed by atoms with Crippen LogP contribution in [0.3, 0.4) is 0 Å². The Bertz CT molecular complexity index is 1110. The summed E-state index contributed by atoms with van der Waals surface area (Å²) >= 11 is 0. The molecule has 1 aromatic heterocycles. The SMILES string of the molecule is CC.CC(F)(F)c1cccc(Nc2ccc(/C=N/Nc3ncc(F)c(N4CCOCC4)n3)cc2)c1. The standard InChI is InChI=1S/C23H23F3N6O.C2H6/c1-23(25,26)17-3-2-4-19(13-17)29-18-7-5-16(6-8-18)14-28-31-22-27-15-20(24)21(30-22)32-9-11-33-12-10-32;1-2/h2-8,13-15,29H,9-12H2,1H3,(H,27,30,31);1-2H3/b28-14+;. The van der Waals surface area contributed by atoms with E-state index in [0.717, 1.165) is 24.4 Å². The van der Waals surface area contributed by atoms with E-state index >= 15 is 0 Å². The van der Waals surface area contributed by atoms with Gasteiger partial charge in [-0.3, -0.25) is 0 Å². The summed E-state index contributed by atoms with van der Waals surface area (Å²) in [7, 11) is 0. The minimum Gasteiger partial charge on any atom is -0.378 e. The van der Waals surface area contributed by atoms with Gasteiger partial charge in [0.2, 0.25) is 5.95 Å². The van der Waals surface area contributed by atoms with Crippen molar-refractivity contribution in [3.8, 4) is 0 Å². The average Bonchev–Trinajstić information content (AvgIpc) is 2.87. The topological polar surface area (TPSA) is 74.7 Å². The zero-order chi connectivity index (χ0) is 25.3. The maximum Gasteiger partial charge on any atom is 0.270 e. The van der Waals surface area contributed by atoms with Crippen LogP contribution in [0.1, 0.15) is 31.9 Å². The lowest BCUT2D eigenvalue weighted by molar-refractivity contribution is 0.0175. The lowest BCUT2D eigenvalue weighted by Crippen LogP contribution is -2.37. The van der Waals surface area contributed by atoms with Gasteiger partial charge < -0.3 is 15.0 Å². The van der Waals surface area contributed by atoms with E-state index in [9.17, 15) is 13.2 Å². The number of hydrazone groups is 1. The van der Waals surface area contributed by atoms with E-state index in [2.05, 4.69) is 25.8 Å². The number of alkyl halides is 2. The molecule has 0 bridgehead atoms. The maximum atomic E-state index is 14.1. The van der Waals surface area contributed by atoms with Crippen LogP contribution < -0.4 is 15.6 Å². The summed E-state index contributed by atoms with van der Waals surface area (Å²) < 4.78 is 46.4. The van der Waals surface area contributed by atoms with Gasteiger partial charge in [0.05, 0.1) is 25.6 Å². The van der Waals surface area contributed by atoms with Gasteiger partial charge in [0.25, 0.3) is 5.92 Å². The minimum absolute atomic E-state index is 0.0536. The number of halogens is 3. The Kier molecular flexibility index (Phi) is 9.02. The fraction of sp³-hybridized carbons (Fsp3) is 0.320. The molecular formula is C25H29F3N6O. The summed E-state index contributed by atoms with van der Waals surface area (Å²) in [6.45, 7) is 7.02. The van der Waals surface area contributed by atoms with Crippen molar-refractivity contribution in [1.29, 1.82) is 0 Å². The molecule has 7 nitrogen and oxygen atoms in total. The van der Waals surface area contributed by atoms with E-state index in [-0.39, 0.29) is 17.3 Å². The van der Waals surface area contributed by atoms with E-state index in [0.29, 0.717) is 32.0 Å². The van der Waals surface area contributed by atoms with Crippen molar-refractivity contribution in [1.82, 2.24) is 9.97 Å². The second-order valence-corrected chi connectivity index (χ2v) is 7.55. The second-order valence-electron chi connectivity index (χ2n) is 7.55. The molecule has 1 aliphatic heterocycles. The number of benzene rings is 2. The third-order valence-corrected chi connectivity index (χ3v) is 4.98. The largest absolute Gasteiger partial charge is 0.378 e. The van der Waals surface area contributed by atoms with Gasteiger partial charge in [-0.25, -0.2) is 23.6 Å². The highest BCUT2D eigenvalue weighted by Crippen LogP contribution is 2.29. The van der Waals surface area contributed by atoms with E-state index in [1.165, 1.54) is 12.1 Å². The average molecular weight is 487 g/mol. The third-order valence-electron chi connectivity index (χ3n) is 4.98. The zero-order valence-corrected chi connectivity index (χ0v) is 19.9. The van der Waals surface area contributed by atoms with Crippen molar-refractivity contribution in [3.05, 3.63) is 71.7 Å². The molecule has 2 N–H and O–H groups in total. The Hall–Kier alpha value is -3.66. The van der Waals surface area contributed by atoms with Crippen molar-refractivity contribution in [2.45, 2.75) is 26.7 Å². The molecule has 2 aromatic carbocycles. The fourth-order valence-electron chi connectivity index (χ4n) is 3.26. The number of morpholine rings is 1. The van der Waals surface area contributed by atoms with Crippen LogP contribution in [-0.2, 0) is 10.7 Å². The summed E-state index contributed by atoms with van der Waals surface area (Å²) in [5.41, 5.74) is 4.76. The predicted molar refractivity (Wildman–Crippen MR) is 133 cm³/mol. The molecule has 4 rings (SSSR count). The normalized spacial score (nSPS) is 13.8. The van der Waals surface area contributed by atoms with Gasteiger partial charge in [-0.2, -0.15) is 10.1 Å². The fourth-order valence-corrected chi connectivity index (χ4v) is 3.26. The number of ether oxygens (including phenoxy) is 1. The number of anilines is 4. The highest BCUT2D eigenvalue weighted by molar-refractivity contribution is 5.81. The first-order valence-electron chi connectivity index (χ1n) is 11.4. The molecule has 0 atom stereocenters. The Balaban J connectivity index is 0.00000167. The van der Waals surface area contributed by atoms with Crippen LogP contribution in [-0.4, -0.2) is 42.5 Å². The van der Waals surface area contributed by atoms with Crippen molar-refractivity contribution in [2.75, 3.05) is 41.9 Å². The molecule has 1 aliphatic rings. The number of hydrogen-bond donors (Lipinski definition) is 2. The minimum atomic E-state index is -2.90. The maximum absolute atomic E-state index is 14.1. The third kappa shape index (κ3) is 7.41. The van der Waals surface area contributed by atoms with Crippen LogP contribution in [0.4, 0.5) is 36.3 Å². The molecule has 1 fully saturated rings. The lowest BCUT2D eigenvalue weighted by atomic mass is 10.1. The summed E-state index contributed by atoms with van der Waals surface area (Å²) in [5, 5.41) is 7.22. The van der Waals surface area contributed by atoms with Crippen molar-refractivity contribution in [3.63, 3.8) is 0 Å². The Morgan fingerprint density at radius 1 is 1.06 bits per heavy atom. The molecule has 0 amide bonds. The smallest absolute Gasteiger partial charge is 0.270 e. The number of rotatable bonds is 7. The van der Waals surface area contributed by atoms with Crippen molar-refractivity contribution in [2.24, 2.45) is 5.10 Å². The number of aromatic nitrogens is 2. The van der Waals surface area contributed by atoms with Crippen LogP contribution >= 0.6 is 0 Å². The molecule has 186 valence electrons. The van der Waals surface area contributed by atoms with Crippen LogP contribution in [0.15, 0.2) is 59.8 Å². The molecule has 1 saturated heterocycles. The molecule has 0 saturated carbocycles. The first-order valence-corrected chi connectivity index (χ1v) is 11.4. The summed E-state index contributed by atoms with van der Waals surface area (Å²) in [5.74, 6) is -3.00. The van der Waals surface area contributed by atoms with Gasteiger partial charge in [-0.15, -0.1) is 0 Å². The van der Waals surface area contributed by atoms with Crippen LogP contribution in [0.5, 0.6) is 0 Å². The Morgan fingerprint density at radius 2 is 1.77 bits per heavy atom. The molecule has 0 unspecified atom stereocenters. The number of nitrogens with one attached hydrogen (secondary N) is 2. The van der Waals surface area contributed by atoms with E-state index in [4.69, 9.17) is 4.74 Å². The first kappa shape index (κ1) is 26.0. The zero-order valence-electron chi connectivity index (χ0n) is 19.9. The monoisotopic (exact) mass is 486 g/mol. The summed E-state index contributed by atoms with van der Waals surface area (Å²) in [4.78, 5) is 9.93. The van der Waals surface area contributed by atoms with Gasteiger partial charge >= 0.3 is 0 Å². The molecular weight excluding hydrogens is 457 g/mol. The molecule has 10 heteroatoms. The molecule has 0 spiro atoms. The molecule has 35 heavy (non-hydrogen) atoms. The van der Waals surface area contributed by atoms with Crippen molar-refractivity contribution < 1.29 is 17.9 Å². The highest BCUT2D eigenvalue weighted by Gasteiger charge is 2.24. The van der Waals surface area contributed by atoms with Gasteiger partial charge in [0.15, 0.2) is 11.6 Å². The lowest BCUT2D eigenvalue weighted by Gasteiger charge is -2.27. The summed E-state index contributed by atoms with van der Waals surface area (Å²) in [6.07, 6.45) is 2.68. The molecule has 2 heterocycles. The molecule has 0 aliphatic carbocycles. The number of hydrogen-bond acceptors (Lipinski definition) is 7. The van der Waals surface area contributed by atoms with Crippen LogP contribution in [0.25, 0.3) is 0 Å². The predicted octanol–water partition coefficient (Wildman–Crippen LogP) is 5.78. The van der Waals surface area contributed by atoms with Crippen LogP contribution in [0, 0.1) is 5.82 Å². The Morgan fingerprint density at radius 3 is 2.46 bits per heavy atom. The van der Waals surface area contributed by atoms with E-state index < -0.39 is 11.7 Å². The highest BCUT2D eigenvalue weighted by atomic mass is 19.3. The first-order chi connectivity index (χ1) is 16.9. The van der Waals surface area contributed by atoms with Crippen LogP contribution in [0.2, 0.25) is 0 Å². The summed E-state index contributed by atoms with van der Waals surface area (Å²) in [6, 6.07) is 13.4. The van der Waals surface area contributed by atoms with Gasteiger partial charge in [0, 0.05) is 37.0 Å². The second kappa shape index (κ2) is 12.2. The van der Waals surface area contributed by atoms with Crippen molar-refractivity contribution >= 4 is 29.4 Å². The Labute approximate surface area is 203 Å². The van der Waals surface area contributed by atoms with Gasteiger partial charge in [-0.1, -0.05) is 38.1 Å². The number of nitrogens with zero attached hydrogens (tertiary/aromatic N) is 4.